The summed E-state index contributed by atoms with van der Waals surface area (Å²) in [7, 11) is -3.56. The van der Waals surface area contributed by atoms with E-state index in [1.807, 2.05) is 0 Å². The summed E-state index contributed by atoms with van der Waals surface area (Å²) in [6.45, 7) is 1.58. The molecular weight excluding hydrogens is 298 g/mol. The summed E-state index contributed by atoms with van der Waals surface area (Å²) in [6, 6.07) is 6.14. The van der Waals surface area contributed by atoms with Crippen molar-refractivity contribution in [3.63, 3.8) is 0 Å². The number of benzene rings is 1. The first kappa shape index (κ1) is 16.5. The van der Waals surface area contributed by atoms with Gasteiger partial charge in [0.2, 0.25) is 15.9 Å². The Kier molecular flexibility index (Phi) is 5.61. The highest BCUT2D eigenvalue weighted by atomic mass is 32.2. The minimum Gasteiger partial charge on any atom is -0.389 e. The zero-order chi connectivity index (χ0) is 15.3. The quantitative estimate of drug-likeness (QED) is 0.613. The molecule has 0 saturated carbocycles. The molecule has 1 aromatic carbocycles. The average molecular weight is 315 g/mol. The van der Waals surface area contributed by atoms with Crippen LogP contribution in [0.2, 0.25) is 0 Å². The number of nitrogens with one attached hydrogen (secondary N) is 1. The lowest BCUT2D eigenvalue weighted by molar-refractivity contribution is -0.118. The van der Waals surface area contributed by atoms with Crippen LogP contribution in [0.25, 0.3) is 0 Å². The number of hydrogen-bond acceptors (Lipinski definition) is 4. The second-order valence-corrected chi connectivity index (χ2v) is 6.71. The standard InChI is InChI=1S/C12H17N3O3S2/c1-8(5-11(13)16)15-20(17,18)7-9-3-2-4-10(6-9)12(14)19/h2-4,6,8,15H,5,7H2,1H3,(H2,13,16)(H2,14,19). The zero-order valence-corrected chi connectivity index (χ0v) is 12.6. The van der Waals surface area contributed by atoms with Crippen LogP contribution in [0.4, 0.5) is 0 Å². The lowest BCUT2D eigenvalue weighted by atomic mass is 10.1. The molecule has 0 spiro atoms. The second kappa shape index (κ2) is 6.78. The van der Waals surface area contributed by atoms with E-state index in [4.69, 9.17) is 23.7 Å². The van der Waals surface area contributed by atoms with Gasteiger partial charge in [0.1, 0.15) is 4.99 Å². The molecule has 0 aliphatic carbocycles. The monoisotopic (exact) mass is 315 g/mol. The van der Waals surface area contributed by atoms with Crippen molar-refractivity contribution in [1.29, 1.82) is 0 Å². The smallest absolute Gasteiger partial charge is 0.219 e. The van der Waals surface area contributed by atoms with Gasteiger partial charge in [-0.25, -0.2) is 13.1 Å². The molecule has 0 saturated heterocycles. The van der Waals surface area contributed by atoms with Gasteiger partial charge in [-0.2, -0.15) is 0 Å². The van der Waals surface area contributed by atoms with E-state index in [1.165, 1.54) is 0 Å². The molecule has 1 amide bonds. The molecule has 1 atom stereocenters. The lowest BCUT2D eigenvalue weighted by Gasteiger charge is -2.13. The Balaban J connectivity index is 2.78. The van der Waals surface area contributed by atoms with Crippen LogP contribution in [0.1, 0.15) is 24.5 Å². The Bertz CT molecular complexity index is 614. The first-order chi connectivity index (χ1) is 9.19. The highest BCUT2D eigenvalue weighted by Gasteiger charge is 2.17. The van der Waals surface area contributed by atoms with Crippen molar-refractivity contribution in [3.05, 3.63) is 35.4 Å². The molecule has 110 valence electrons. The number of carbonyl (C=O) groups excluding carboxylic acids is 1. The summed E-state index contributed by atoms with van der Waals surface area (Å²) in [5, 5.41) is 0. The number of primary amides is 1. The number of thiocarbonyl (C=S) groups is 1. The molecule has 0 heterocycles. The van der Waals surface area contributed by atoms with Gasteiger partial charge in [-0.3, -0.25) is 4.79 Å². The van der Waals surface area contributed by atoms with Crippen LogP contribution in [0, 0.1) is 0 Å². The van der Waals surface area contributed by atoms with E-state index < -0.39 is 22.0 Å². The number of rotatable bonds is 7. The molecule has 8 heteroatoms. The summed E-state index contributed by atoms with van der Waals surface area (Å²) in [5.74, 6) is -0.775. The molecule has 1 aromatic rings. The first-order valence-electron chi connectivity index (χ1n) is 5.86. The Morgan fingerprint density at radius 2 is 2.05 bits per heavy atom. The molecule has 0 radical (unpaired) electrons. The predicted molar refractivity (Wildman–Crippen MR) is 81.4 cm³/mol. The summed E-state index contributed by atoms with van der Waals surface area (Å²) >= 11 is 4.84. The molecule has 0 bridgehead atoms. The summed E-state index contributed by atoms with van der Waals surface area (Å²) in [6.07, 6.45) is -0.0494. The predicted octanol–water partition coefficient (Wildman–Crippen LogP) is 0.00410. The zero-order valence-electron chi connectivity index (χ0n) is 11.0. The molecule has 20 heavy (non-hydrogen) atoms. The Morgan fingerprint density at radius 3 is 2.60 bits per heavy atom. The van der Waals surface area contributed by atoms with Crippen LogP contribution in [0.5, 0.6) is 0 Å². The van der Waals surface area contributed by atoms with Crippen LogP contribution < -0.4 is 16.2 Å². The van der Waals surface area contributed by atoms with Crippen molar-refractivity contribution < 1.29 is 13.2 Å². The highest BCUT2D eigenvalue weighted by molar-refractivity contribution is 7.88. The van der Waals surface area contributed by atoms with E-state index in [9.17, 15) is 13.2 Å². The lowest BCUT2D eigenvalue weighted by Crippen LogP contribution is -2.36. The fourth-order valence-electron chi connectivity index (χ4n) is 1.73. The van der Waals surface area contributed by atoms with Crippen molar-refractivity contribution >= 4 is 33.1 Å². The van der Waals surface area contributed by atoms with Gasteiger partial charge >= 0.3 is 0 Å². The van der Waals surface area contributed by atoms with Crippen LogP contribution in [-0.4, -0.2) is 25.4 Å². The summed E-state index contributed by atoms with van der Waals surface area (Å²) in [4.78, 5) is 10.9. The number of carbonyl (C=O) groups is 1. The highest BCUT2D eigenvalue weighted by Crippen LogP contribution is 2.09. The van der Waals surface area contributed by atoms with Gasteiger partial charge in [-0.15, -0.1) is 0 Å². The Hall–Kier alpha value is -1.51. The van der Waals surface area contributed by atoms with Gasteiger partial charge in [0.05, 0.1) is 5.75 Å². The fraction of sp³-hybridized carbons (Fsp3) is 0.333. The fourth-order valence-corrected chi connectivity index (χ4v) is 3.25. The van der Waals surface area contributed by atoms with Crippen molar-refractivity contribution in [2.75, 3.05) is 0 Å². The van der Waals surface area contributed by atoms with Gasteiger partial charge in [-0.05, 0) is 18.6 Å². The van der Waals surface area contributed by atoms with Crippen LogP contribution in [0.3, 0.4) is 0 Å². The number of nitrogens with two attached hydrogens (primary N) is 2. The van der Waals surface area contributed by atoms with E-state index in [0.29, 0.717) is 11.1 Å². The third-order valence-electron chi connectivity index (χ3n) is 2.46. The van der Waals surface area contributed by atoms with Crippen LogP contribution in [0.15, 0.2) is 24.3 Å². The normalized spacial score (nSPS) is 12.8. The second-order valence-electron chi connectivity index (χ2n) is 4.51. The maximum Gasteiger partial charge on any atom is 0.219 e. The first-order valence-corrected chi connectivity index (χ1v) is 7.92. The molecule has 6 nitrogen and oxygen atoms in total. The average Bonchev–Trinajstić information content (AvgIpc) is 2.26. The molecule has 0 aromatic heterocycles. The Labute approximate surface area is 123 Å². The van der Waals surface area contributed by atoms with Gasteiger partial charge in [0.25, 0.3) is 0 Å². The number of amides is 1. The Morgan fingerprint density at radius 1 is 1.40 bits per heavy atom. The maximum absolute atomic E-state index is 11.9. The third kappa shape index (κ3) is 5.64. The van der Waals surface area contributed by atoms with E-state index in [-0.39, 0.29) is 17.2 Å². The van der Waals surface area contributed by atoms with E-state index in [1.54, 1.807) is 31.2 Å². The minimum atomic E-state index is -3.56. The van der Waals surface area contributed by atoms with Gasteiger partial charge in [0.15, 0.2) is 0 Å². The summed E-state index contributed by atoms with van der Waals surface area (Å²) < 4.78 is 26.3. The van der Waals surface area contributed by atoms with Gasteiger partial charge in [0, 0.05) is 18.0 Å². The van der Waals surface area contributed by atoms with Crippen LogP contribution >= 0.6 is 12.2 Å². The SMILES string of the molecule is CC(CC(N)=O)NS(=O)(=O)Cc1cccc(C(N)=S)c1. The third-order valence-corrected chi connectivity index (χ3v) is 4.17. The topological polar surface area (TPSA) is 115 Å². The molecule has 1 unspecified atom stereocenters. The largest absolute Gasteiger partial charge is 0.389 e. The number of sulfonamides is 1. The summed E-state index contributed by atoms with van der Waals surface area (Å²) in [5.41, 5.74) is 11.7. The van der Waals surface area contributed by atoms with E-state index in [2.05, 4.69) is 4.72 Å². The molecule has 5 N–H and O–H groups in total. The van der Waals surface area contributed by atoms with E-state index >= 15 is 0 Å². The van der Waals surface area contributed by atoms with Crippen molar-refractivity contribution in [3.8, 4) is 0 Å². The van der Waals surface area contributed by atoms with E-state index in [0.717, 1.165) is 0 Å². The van der Waals surface area contributed by atoms with Gasteiger partial charge in [-0.1, -0.05) is 30.4 Å². The van der Waals surface area contributed by atoms with Crippen molar-refractivity contribution in [2.24, 2.45) is 11.5 Å². The maximum atomic E-state index is 11.9. The molecular formula is C12H17N3O3S2. The van der Waals surface area contributed by atoms with Crippen molar-refractivity contribution in [1.82, 2.24) is 4.72 Å². The van der Waals surface area contributed by atoms with Crippen molar-refractivity contribution in [2.45, 2.75) is 25.1 Å². The number of hydrogen-bond donors (Lipinski definition) is 3. The van der Waals surface area contributed by atoms with Crippen LogP contribution in [-0.2, 0) is 20.6 Å². The molecule has 0 aliphatic rings. The molecule has 0 aliphatic heterocycles. The molecule has 0 fully saturated rings. The van der Waals surface area contributed by atoms with Gasteiger partial charge < -0.3 is 11.5 Å². The minimum absolute atomic E-state index is 0.0494. The molecule has 1 rings (SSSR count).